The molecule has 1 unspecified atom stereocenters. The van der Waals surface area contributed by atoms with Gasteiger partial charge < -0.3 is 20.9 Å². The van der Waals surface area contributed by atoms with Gasteiger partial charge in [-0.3, -0.25) is 19.2 Å². The van der Waals surface area contributed by atoms with E-state index in [1.165, 1.54) is 55.5 Å². The van der Waals surface area contributed by atoms with Gasteiger partial charge >= 0.3 is 11.8 Å². The molecule has 0 saturated carbocycles. The Bertz CT molecular complexity index is 1490. The van der Waals surface area contributed by atoms with Crippen LogP contribution in [-0.4, -0.2) is 68.6 Å². The van der Waals surface area contributed by atoms with Gasteiger partial charge in [-0.2, -0.15) is 0 Å². The Hall–Kier alpha value is -4.33. The normalized spacial score (nSPS) is 11.7. The molecule has 39 heavy (non-hydrogen) atoms. The van der Waals surface area contributed by atoms with E-state index in [1.54, 1.807) is 30.3 Å². The first-order valence-corrected chi connectivity index (χ1v) is 13.2. The Balaban J connectivity index is 1.69. The lowest BCUT2D eigenvalue weighted by Gasteiger charge is -2.22. The fourth-order valence-corrected chi connectivity index (χ4v) is 4.28. The monoisotopic (exact) mass is 572 g/mol. The molecule has 0 spiro atoms. The molecule has 0 aliphatic heterocycles. The minimum atomic E-state index is -3.97. The van der Waals surface area contributed by atoms with E-state index in [0.717, 1.165) is 0 Å². The number of anilines is 1. The zero-order valence-corrected chi connectivity index (χ0v) is 22.4. The lowest BCUT2D eigenvalue weighted by atomic mass is 10.0. The van der Waals surface area contributed by atoms with Gasteiger partial charge in [0.15, 0.2) is 0 Å². The smallest absolute Gasteiger partial charge is 0.314 e. The van der Waals surface area contributed by atoms with Gasteiger partial charge in [-0.1, -0.05) is 41.9 Å². The zero-order valence-electron chi connectivity index (χ0n) is 20.8. The topological polar surface area (TPSA) is 181 Å². The standard InChI is InChI=1S/C25H25ClN6O6S/c1-32(2)25(36)19(14-29-23(34)24(35)31-21-12-11-17(26)13-28-21)30-22(33)16-9-7-15(8-10-16)18-5-3-4-6-20(18)39(27,37)38/h3-13,19H,14H2,1-2H3,(H,29,34)(H,30,33)(H2,27,37,38)(H,28,31,35). The summed E-state index contributed by atoms with van der Waals surface area (Å²) in [6.45, 7) is -0.372. The van der Waals surface area contributed by atoms with Crippen LogP contribution in [0.25, 0.3) is 11.1 Å². The first-order chi connectivity index (χ1) is 18.4. The second-order valence-electron chi connectivity index (χ2n) is 8.40. The van der Waals surface area contributed by atoms with Crippen molar-refractivity contribution in [1.29, 1.82) is 0 Å². The number of amides is 4. The van der Waals surface area contributed by atoms with Crippen molar-refractivity contribution in [1.82, 2.24) is 20.5 Å². The first kappa shape index (κ1) is 29.2. The van der Waals surface area contributed by atoms with Gasteiger partial charge in [0.25, 0.3) is 5.91 Å². The largest absolute Gasteiger partial charge is 0.347 e. The summed E-state index contributed by atoms with van der Waals surface area (Å²) in [6.07, 6.45) is 1.29. The predicted molar refractivity (Wildman–Crippen MR) is 144 cm³/mol. The second kappa shape index (κ2) is 12.5. The summed E-state index contributed by atoms with van der Waals surface area (Å²) in [5.74, 6) is -3.13. The molecule has 0 aliphatic carbocycles. The van der Waals surface area contributed by atoms with Crippen LogP contribution in [0, 0.1) is 0 Å². The van der Waals surface area contributed by atoms with Crippen LogP contribution >= 0.6 is 11.6 Å². The fraction of sp³-hybridized carbons (Fsp3) is 0.160. The van der Waals surface area contributed by atoms with Crippen LogP contribution in [0.1, 0.15) is 10.4 Å². The van der Waals surface area contributed by atoms with E-state index in [2.05, 4.69) is 20.9 Å². The van der Waals surface area contributed by atoms with Crippen molar-refractivity contribution in [2.24, 2.45) is 5.14 Å². The van der Waals surface area contributed by atoms with Crippen molar-refractivity contribution in [2.45, 2.75) is 10.9 Å². The number of hydrogen-bond donors (Lipinski definition) is 4. The van der Waals surface area contributed by atoms with Crippen LogP contribution in [0.4, 0.5) is 5.82 Å². The van der Waals surface area contributed by atoms with Gasteiger partial charge in [0.2, 0.25) is 15.9 Å². The number of hydrogen-bond acceptors (Lipinski definition) is 7. The molecule has 0 bridgehead atoms. The number of carbonyl (C=O) groups is 4. The molecule has 3 aromatic rings. The van der Waals surface area contributed by atoms with Crippen LogP contribution in [0.5, 0.6) is 0 Å². The van der Waals surface area contributed by atoms with Crippen molar-refractivity contribution in [3.05, 3.63) is 77.4 Å². The van der Waals surface area contributed by atoms with Crippen molar-refractivity contribution in [3.8, 4) is 11.1 Å². The third kappa shape index (κ3) is 7.83. The van der Waals surface area contributed by atoms with Gasteiger partial charge in [-0.25, -0.2) is 18.5 Å². The van der Waals surface area contributed by atoms with E-state index in [4.69, 9.17) is 16.7 Å². The molecular formula is C25H25ClN6O6S. The molecule has 0 fully saturated rings. The molecule has 2 aromatic carbocycles. The van der Waals surface area contributed by atoms with Crippen molar-refractivity contribution < 1.29 is 27.6 Å². The van der Waals surface area contributed by atoms with Crippen molar-refractivity contribution >= 4 is 51.1 Å². The maximum Gasteiger partial charge on any atom is 0.314 e. The van der Waals surface area contributed by atoms with Crippen LogP contribution in [0.2, 0.25) is 5.02 Å². The van der Waals surface area contributed by atoms with Gasteiger partial charge in [0, 0.05) is 38.0 Å². The van der Waals surface area contributed by atoms with Crippen LogP contribution in [-0.2, 0) is 24.4 Å². The lowest BCUT2D eigenvalue weighted by molar-refractivity contribution is -0.136. The van der Waals surface area contributed by atoms with E-state index >= 15 is 0 Å². The third-order valence-electron chi connectivity index (χ3n) is 5.34. The number of likely N-dealkylation sites (N-methyl/N-ethyl adjacent to an activating group) is 1. The summed E-state index contributed by atoms with van der Waals surface area (Å²) < 4.78 is 23.8. The molecule has 1 heterocycles. The van der Waals surface area contributed by atoms with Gasteiger partial charge in [-0.05, 0) is 35.9 Å². The van der Waals surface area contributed by atoms with E-state index < -0.39 is 39.7 Å². The van der Waals surface area contributed by atoms with Crippen LogP contribution in [0.15, 0.2) is 71.8 Å². The number of nitrogens with two attached hydrogens (primary N) is 1. The van der Waals surface area contributed by atoms with E-state index in [9.17, 15) is 27.6 Å². The molecular weight excluding hydrogens is 548 g/mol. The quantitative estimate of drug-likeness (QED) is 0.290. The Morgan fingerprint density at radius 1 is 0.974 bits per heavy atom. The van der Waals surface area contributed by atoms with Gasteiger partial charge in [0.05, 0.1) is 9.92 Å². The molecule has 1 atom stereocenters. The molecule has 0 saturated heterocycles. The first-order valence-electron chi connectivity index (χ1n) is 11.3. The molecule has 12 nitrogen and oxygen atoms in total. The number of aromatic nitrogens is 1. The number of nitrogens with zero attached hydrogens (tertiary/aromatic N) is 2. The number of benzene rings is 2. The van der Waals surface area contributed by atoms with Crippen LogP contribution in [0.3, 0.4) is 0 Å². The summed E-state index contributed by atoms with van der Waals surface area (Å²) in [4.78, 5) is 55.0. The highest BCUT2D eigenvalue weighted by atomic mass is 35.5. The zero-order chi connectivity index (χ0) is 28.7. The summed E-state index contributed by atoms with van der Waals surface area (Å²) >= 11 is 5.74. The molecule has 14 heteroatoms. The highest BCUT2D eigenvalue weighted by molar-refractivity contribution is 7.89. The average Bonchev–Trinajstić information content (AvgIpc) is 2.91. The molecule has 0 radical (unpaired) electrons. The Morgan fingerprint density at radius 2 is 1.64 bits per heavy atom. The Labute approximate surface area is 229 Å². The maximum absolute atomic E-state index is 12.9. The maximum atomic E-state index is 12.9. The lowest BCUT2D eigenvalue weighted by Crippen LogP contribution is -2.53. The predicted octanol–water partition coefficient (Wildman–Crippen LogP) is 0.991. The summed E-state index contributed by atoms with van der Waals surface area (Å²) in [6, 6.07) is 13.8. The van der Waals surface area contributed by atoms with Crippen molar-refractivity contribution in [2.75, 3.05) is 26.0 Å². The average molecular weight is 573 g/mol. The van der Waals surface area contributed by atoms with Crippen molar-refractivity contribution in [3.63, 3.8) is 0 Å². The molecule has 3 rings (SSSR count). The minimum Gasteiger partial charge on any atom is -0.347 e. The number of rotatable bonds is 8. The number of nitrogens with one attached hydrogen (secondary N) is 3. The molecule has 5 N–H and O–H groups in total. The van der Waals surface area contributed by atoms with E-state index in [1.807, 2.05) is 0 Å². The van der Waals surface area contributed by atoms with E-state index in [0.29, 0.717) is 16.1 Å². The summed E-state index contributed by atoms with van der Waals surface area (Å²) in [7, 11) is -1.03. The Kier molecular flexibility index (Phi) is 9.35. The highest BCUT2D eigenvalue weighted by Gasteiger charge is 2.25. The summed E-state index contributed by atoms with van der Waals surface area (Å²) in [5, 5.41) is 12.8. The third-order valence-corrected chi connectivity index (χ3v) is 6.53. The molecule has 1 aromatic heterocycles. The van der Waals surface area contributed by atoms with E-state index in [-0.39, 0.29) is 22.8 Å². The van der Waals surface area contributed by atoms with Gasteiger partial charge in [-0.15, -0.1) is 0 Å². The number of halogens is 1. The number of carbonyl (C=O) groups excluding carboxylic acids is 4. The minimum absolute atomic E-state index is 0.0644. The SMILES string of the molecule is CN(C)C(=O)C(CNC(=O)C(=O)Nc1ccc(Cl)cn1)NC(=O)c1ccc(-c2ccccc2S(N)(=O)=O)cc1. The number of sulfonamides is 1. The highest BCUT2D eigenvalue weighted by Crippen LogP contribution is 2.26. The molecule has 4 amide bonds. The number of primary sulfonamides is 1. The molecule has 204 valence electrons. The molecule has 0 aliphatic rings. The second-order valence-corrected chi connectivity index (χ2v) is 10.4. The van der Waals surface area contributed by atoms with Crippen LogP contribution < -0.4 is 21.1 Å². The Morgan fingerprint density at radius 3 is 2.23 bits per heavy atom. The summed E-state index contributed by atoms with van der Waals surface area (Å²) in [5.41, 5.74) is 1.04. The van der Waals surface area contributed by atoms with Gasteiger partial charge in [0.1, 0.15) is 11.9 Å². The number of pyridine rings is 1. The fourth-order valence-electron chi connectivity index (χ4n) is 3.41.